The Morgan fingerprint density at radius 3 is 2.55 bits per heavy atom. The predicted octanol–water partition coefficient (Wildman–Crippen LogP) is 2.06. The van der Waals surface area contributed by atoms with Crippen LogP contribution in [0, 0.1) is 33.8 Å². The number of anilines is 1. The van der Waals surface area contributed by atoms with Crippen LogP contribution in [0.15, 0.2) is 36.4 Å². The van der Waals surface area contributed by atoms with Crippen molar-refractivity contribution in [3.05, 3.63) is 46.5 Å². The fourth-order valence-corrected chi connectivity index (χ4v) is 3.44. The number of nitro groups is 1. The van der Waals surface area contributed by atoms with Crippen LogP contribution in [0.1, 0.15) is 6.42 Å². The maximum absolute atomic E-state index is 12.4. The Labute approximate surface area is 125 Å². The molecule has 1 saturated carbocycles. The molecule has 114 valence electrons. The van der Waals surface area contributed by atoms with Gasteiger partial charge in [0.1, 0.15) is 0 Å². The van der Waals surface area contributed by atoms with E-state index in [2.05, 4.69) is 5.32 Å². The van der Waals surface area contributed by atoms with Gasteiger partial charge in [-0.3, -0.25) is 19.7 Å². The standard InChI is InChI=1S/C15H14N2O5/c18-14(16-10-2-1-3-11(7-10)17(21)22)12-8-4-5-9(6-8)13(12)15(19)20/h1-5,7-9,12-13H,6H2,(H,16,18)(H,19,20)/t8-,9-,12-,13-/m0/s1. The van der Waals surface area contributed by atoms with Crippen molar-refractivity contribution in [2.45, 2.75) is 6.42 Å². The summed E-state index contributed by atoms with van der Waals surface area (Å²) in [7, 11) is 0. The van der Waals surface area contributed by atoms with Gasteiger partial charge < -0.3 is 10.4 Å². The third kappa shape index (κ3) is 2.34. The molecule has 2 aliphatic carbocycles. The van der Waals surface area contributed by atoms with Crippen LogP contribution in [-0.4, -0.2) is 21.9 Å². The number of non-ortho nitro benzene ring substituents is 1. The monoisotopic (exact) mass is 302 g/mol. The average Bonchev–Trinajstić information content (AvgIpc) is 3.07. The maximum atomic E-state index is 12.4. The largest absolute Gasteiger partial charge is 0.481 e. The third-order valence-corrected chi connectivity index (χ3v) is 4.37. The molecule has 0 unspecified atom stereocenters. The number of nitro benzene ring substituents is 1. The average molecular weight is 302 g/mol. The fourth-order valence-electron chi connectivity index (χ4n) is 3.44. The number of hydrogen-bond acceptors (Lipinski definition) is 4. The van der Waals surface area contributed by atoms with Crippen LogP contribution < -0.4 is 5.32 Å². The Balaban J connectivity index is 1.80. The fraction of sp³-hybridized carbons (Fsp3) is 0.333. The zero-order chi connectivity index (χ0) is 15.9. The van der Waals surface area contributed by atoms with E-state index >= 15 is 0 Å². The van der Waals surface area contributed by atoms with Crippen molar-refractivity contribution in [1.29, 1.82) is 0 Å². The van der Waals surface area contributed by atoms with Gasteiger partial charge in [0.2, 0.25) is 5.91 Å². The Hall–Kier alpha value is -2.70. The van der Waals surface area contributed by atoms with Crippen LogP contribution in [0.4, 0.5) is 11.4 Å². The molecule has 0 aliphatic heterocycles. The maximum Gasteiger partial charge on any atom is 0.307 e. The minimum absolute atomic E-state index is 0.0789. The van der Waals surface area contributed by atoms with E-state index < -0.39 is 28.6 Å². The van der Waals surface area contributed by atoms with Crippen molar-refractivity contribution in [1.82, 2.24) is 0 Å². The molecule has 7 nitrogen and oxygen atoms in total. The normalized spacial score (nSPS) is 28.5. The van der Waals surface area contributed by atoms with Crippen LogP contribution in [0.5, 0.6) is 0 Å². The van der Waals surface area contributed by atoms with E-state index in [0.29, 0.717) is 12.1 Å². The molecule has 2 N–H and O–H groups in total. The minimum Gasteiger partial charge on any atom is -0.481 e. The van der Waals surface area contributed by atoms with E-state index in [1.165, 1.54) is 18.2 Å². The Kier molecular flexibility index (Phi) is 3.40. The summed E-state index contributed by atoms with van der Waals surface area (Å²) in [5.74, 6) is -2.92. The molecule has 1 aromatic rings. The van der Waals surface area contributed by atoms with Gasteiger partial charge in [-0.05, 0) is 24.3 Å². The lowest BCUT2D eigenvalue weighted by Crippen LogP contribution is -2.36. The number of nitrogens with one attached hydrogen (secondary N) is 1. The van der Waals surface area contributed by atoms with Crippen LogP contribution in [0.3, 0.4) is 0 Å². The summed E-state index contributed by atoms with van der Waals surface area (Å²) in [6.07, 6.45) is 4.42. The molecular weight excluding hydrogens is 288 g/mol. The molecule has 3 rings (SSSR count). The highest BCUT2D eigenvalue weighted by Crippen LogP contribution is 2.48. The van der Waals surface area contributed by atoms with Crippen LogP contribution in [0.25, 0.3) is 0 Å². The predicted molar refractivity (Wildman–Crippen MR) is 77.1 cm³/mol. The van der Waals surface area contributed by atoms with E-state index in [1.54, 1.807) is 6.07 Å². The SMILES string of the molecule is O=C(O)[C@@H]1[C@@H](C(=O)Nc2cccc([N+](=O)[O-])c2)[C@H]2C=C[C@H]1C2. The number of benzene rings is 1. The Morgan fingerprint density at radius 2 is 1.91 bits per heavy atom. The minimum atomic E-state index is -0.976. The number of amides is 1. The first-order valence-electron chi connectivity index (χ1n) is 6.94. The molecule has 0 heterocycles. The van der Waals surface area contributed by atoms with Gasteiger partial charge in [-0.25, -0.2) is 0 Å². The number of hydrogen-bond donors (Lipinski definition) is 2. The first-order valence-corrected chi connectivity index (χ1v) is 6.94. The quantitative estimate of drug-likeness (QED) is 0.502. The van der Waals surface area contributed by atoms with E-state index in [4.69, 9.17) is 0 Å². The summed E-state index contributed by atoms with van der Waals surface area (Å²) in [4.78, 5) is 34.0. The van der Waals surface area contributed by atoms with Crippen molar-refractivity contribution < 1.29 is 19.6 Å². The van der Waals surface area contributed by atoms with Crippen LogP contribution >= 0.6 is 0 Å². The van der Waals surface area contributed by atoms with Gasteiger partial charge in [-0.15, -0.1) is 0 Å². The lowest BCUT2D eigenvalue weighted by atomic mass is 9.82. The van der Waals surface area contributed by atoms with Crippen molar-refractivity contribution in [2.24, 2.45) is 23.7 Å². The topological polar surface area (TPSA) is 110 Å². The van der Waals surface area contributed by atoms with E-state index in [-0.39, 0.29) is 17.5 Å². The van der Waals surface area contributed by atoms with Gasteiger partial charge >= 0.3 is 5.97 Å². The molecule has 2 aliphatic rings. The van der Waals surface area contributed by atoms with E-state index in [9.17, 15) is 24.8 Å². The number of allylic oxidation sites excluding steroid dienone is 2. The Morgan fingerprint density at radius 1 is 1.23 bits per heavy atom. The second-order valence-electron chi connectivity index (χ2n) is 5.63. The van der Waals surface area contributed by atoms with Crippen LogP contribution in [-0.2, 0) is 9.59 Å². The van der Waals surface area contributed by atoms with Crippen molar-refractivity contribution in [3.8, 4) is 0 Å². The van der Waals surface area contributed by atoms with Gasteiger partial charge in [0.15, 0.2) is 0 Å². The van der Waals surface area contributed by atoms with Gasteiger partial charge in [-0.1, -0.05) is 18.2 Å². The van der Waals surface area contributed by atoms with Gasteiger partial charge in [0.05, 0.1) is 16.8 Å². The number of aliphatic carboxylic acids is 1. The smallest absolute Gasteiger partial charge is 0.307 e. The highest BCUT2D eigenvalue weighted by Gasteiger charge is 2.51. The summed E-state index contributed by atoms with van der Waals surface area (Å²) in [6, 6.07) is 5.61. The molecular formula is C15H14N2O5. The number of rotatable bonds is 4. The summed E-state index contributed by atoms with van der Waals surface area (Å²) >= 11 is 0. The first-order chi connectivity index (χ1) is 10.5. The highest BCUT2D eigenvalue weighted by molar-refractivity contribution is 5.96. The number of nitrogens with zero attached hydrogens (tertiary/aromatic N) is 1. The van der Waals surface area contributed by atoms with Gasteiger partial charge in [-0.2, -0.15) is 0 Å². The van der Waals surface area contributed by atoms with Gasteiger partial charge in [0, 0.05) is 17.8 Å². The second-order valence-corrected chi connectivity index (χ2v) is 5.63. The lowest BCUT2D eigenvalue weighted by molar-refractivity contribution is -0.384. The van der Waals surface area contributed by atoms with E-state index in [0.717, 1.165) is 0 Å². The molecule has 1 aromatic carbocycles. The number of carboxylic acid groups (broad SMARTS) is 1. The summed E-state index contributed by atoms with van der Waals surface area (Å²) in [5.41, 5.74) is 0.176. The summed E-state index contributed by atoms with van der Waals surface area (Å²) in [6.45, 7) is 0. The molecule has 0 radical (unpaired) electrons. The molecule has 1 fully saturated rings. The summed E-state index contributed by atoms with van der Waals surface area (Å²) in [5, 5.41) is 22.7. The number of carboxylic acids is 1. The first kappa shape index (κ1) is 14.2. The summed E-state index contributed by atoms with van der Waals surface area (Å²) < 4.78 is 0. The Bertz CT molecular complexity index is 684. The molecule has 7 heteroatoms. The second kappa shape index (κ2) is 5.25. The van der Waals surface area contributed by atoms with E-state index in [1.807, 2.05) is 12.2 Å². The number of fused-ring (bicyclic) bond motifs is 2. The number of carbonyl (C=O) groups is 2. The van der Waals surface area contributed by atoms with Crippen LogP contribution in [0.2, 0.25) is 0 Å². The third-order valence-electron chi connectivity index (χ3n) is 4.37. The lowest BCUT2D eigenvalue weighted by Gasteiger charge is -2.23. The van der Waals surface area contributed by atoms with Crippen molar-refractivity contribution in [2.75, 3.05) is 5.32 Å². The molecule has 4 atom stereocenters. The number of carbonyl (C=O) groups excluding carboxylic acids is 1. The van der Waals surface area contributed by atoms with Crippen molar-refractivity contribution in [3.63, 3.8) is 0 Å². The van der Waals surface area contributed by atoms with Gasteiger partial charge in [0.25, 0.3) is 5.69 Å². The zero-order valence-corrected chi connectivity index (χ0v) is 11.5. The molecule has 1 amide bonds. The molecule has 0 saturated heterocycles. The molecule has 22 heavy (non-hydrogen) atoms. The molecule has 0 aromatic heterocycles. The zero-order valence-electron chi connectivity index (χ0n) is 11.5. The van der Waals surface area contributed by atoms with Crippen molar-refractivity contribution >= 4 is 23.3 Å². The highest BCUT2D eigenvalue weighted by atomic mass is 16.6. The molecule has 2 bridgehead atoms. The molecule has 0 spiro atoms.